The van der Waals surface area contributed by atoms with Gasteiger partial charge in [0.05, 0.1) is 11.3 Å². The van der Waals surface area contributed by atoms with Crippen LogP contribution in [0.15, 0.2) is 33.9 Å². The average molecular weight is 191 g/mol. The van der Waals surface area contributed by atoms with Crippen LogP contribution in [-0.4, -0.2) is 15.6 Å². The number of nitrogens with zero attached hydrogens (tertiary/aromatic N) is 1. The Bertz CT molecular complexity index is 532. The molecule has 0 spiro atoms. The summed E-state index contributed by atoms with van der Waals surface area (Å²) in [5, 5.41) is 8.59. The summed E-state index contributed by atoms with van der Waals surface area (Å²) in [4.78, 5) is 31.9. The summed E-state index contributed by atoms with van der Waals surface area (Å²) >= 11 is 0. The van der Waals surface area contributed by atoms with Crippen molar-refractivity contribution in [1.82, 2.24) is 4.57 Å². The highest BCUT2D eigenvalue weighted by Crippen LogP contribution is 2.06. The fourth-order valence-corrected chi connectivity index (χ4v) is 1.12. The van der Waals surface area contributed by atoms with Crippen molar-refractivity contribution in [3.05, 3.63) is 50.5 Å². The van der Waals surface area contributed by atoms with Crippen molar-refractivity contribution in [1.29, 1.82) is 0 Å². The van der Waals surface area contributed by atoms with Crippen LogP contribution in [0, 0.1) is 0 Å². The first-order valence-corrected chi connectivity index (χ1v) is 3.83. The van der Waals surface area contributed by atoms with E-state index in [9.17, 15) is 14.4 Å². The minimum atomic E-state index is -1.04. The molecule has 70 valence electrons. The van der Waals surface area contributed by atoms with Crippen LogP contribution in [0.25, 0.3) is 5.69 Å². The molecule has 2 aromatic rings. The smallest absolute Gasteiger partial charge is 0.335 e. The minimum absolute atomic E-state index is 0.121. The maximum Gasteiger partial charge on any atom is 0.335 e. The van der Waals surface area contributed by atoms with Gasteiger partial charge in [-0.2, -0.15) is 0 Å². The summed E-state index contributed by atoms with van der Waals surface area (Å²) in [6.45, 7) is 0. The SMILES string of the molecule is O=C(O)c1ccc(-n2c(=O)c2=O)cc1. The lowest BCUT2D eigenvalue weighted by molar-refractivity contribution is 0.0697. The molecule has 14 heavy (non-hydrogen) atoms. The van der Waals surface area contributed by atoms with Gasteiger partial charge in [-0.3, -0.25) is 9.59 Å². The van der Waals surface area contributed by atoms with Gasteiger partial charge in [-0.15, -0.1) is 0 Å². The third kappa shape index (κ3) is 1.15. The van der Waals surface area contributed by atoms with Crippen LogP contribution >= 0.6 is 0 Å². The molecule has 0 aliphatic carbocycles. The van der Waals surface area contributed by atoms with Gasteiger partial charge in [0, 0.05) is 0 Å². The summed E-state index contributed by atoms with van der Waals surface area (Å²) in [7, 11) is 0. The molecule has 1 aromatic heterocycles. The third-order valence-corrected chi connectivity index (χ3v) is 1.91. The predicted molar refractivity (Wildman–Crippen MR) is 47.6 cm³/mol. The molecule has 0 aliphatic rings. The summed E-state index contributed by atoms with van der Waals surface area (Å²) in [5.41, 5.74) is -0.596. The molecule has 5 heteroatoms. The number of aromatic carboxylic acids is 1. The Morgan fingerprint density at radius 2 is 1.57 bits per heavy atom. The number of aromatic nitrogens is 1. The maximum atomic E-state index is 10.7. The van der Waals surface area contributed by atoms with Crippen molar-refractivity contribution in [2.75, 3.05) is 0 Å². The van der Waals surface area contributed by atoms with E-state index in [1.807, 2.05) is 0 Å². The van der Waals surface area contributed by atoms with Gasteiger partial charge in [0.25, 0.3) is 0 Å². The van der Waals surface area contributed by atoms with Crippen molar-refractivity contribution in [3.8, 4) is 5.69 Å². The molecule has 0 saturated heterocycles. The molecule has 0 unspecified atom stereocenters. The van der Waals surface area contributed by atoms with E-state index < -0.39 is 17.1 Å². The van der Waals surface area contributed by atoms with E-state index >= 15 is 0 Å². The molecule has 0 fully saturated rings. The Labute approximate surface area is 77.5 Å². The Balaban J connectivity index is 2.41. The predicted octanol–water partition coefficient (Wildman–Crippen LogP) is -0.229. The van der Waals surface area contributed by atoms with Crippen LogP contribution in [-0.2, 0) is 0 Å². The lowest BCUT2D eigenvalue weighted by Gasteiger charge is -1.95. The first kappa shape index (κ1) is 8.43. The molecular formula is C9H5NO4. The highest BCUT2D eigenvalue weighted by Gasteiger charge is 2.17. The molecule has 5 nitrogen and oxygen atoms in total. The number of hydrogen-bond donors (Lipinski definition) is 1. The number of carboxylic acids is 1. The fourth-order valence-electron chi connectivity index (χ4n) is 1.12. The molecule has 1 N–H and O–H groups in total. The van der Waals surface area contributed by atoms with Crippen molar-refractivity contribution >= 4 is 5.97 Å². The van der Waals surface area contributed by atoms with Gasteiger partial charge >= 0.3 is 17.1 Å². The lowest BCUT2D eigenvalue weighted by Crippen LogP contribution is -1.97. The number of carboxylic acid groups (broad SMARTS) is 1. The zero-order chi connectivity index (χ0) is 10.3. The van der Waals surface area contributed by atoms with Crippen LogP contribution in [0.5, 0.6) is 0 Å². The highest BCUT2D eigenvalue weighted by molar-refractivity contribution is 5.87. The molecule has 2 rings (SSSR count). The van der Waals surface area contributed by atoms with Crippen LogP contribution in [0.1, 0.15) is 10.4 Å². The lowest BCUT2D eigenvalue weighted by atomic mass is 10.2. The molecular weight excluding hydrogens is 186 g/mol. The number of benzene rings is 1. The van der Waals surface area contributed by atoms with E-state index in [2.05, 4.69) is 0 Å². The van der Waals surface area contributed by atoms with Crippen LogP contribution in [0.4, 0.5) is 0 Å². The van der Waals surface area contributed by atoms with Crippen molar-refractivity contribution < 1.29 is 9.90 Å². The van der Waals surface area contributed by atoms with E-state index in [1.165, 1.54) is 24.3 Å². The molecule has 0 saturated carbocycles. The van der Waals surface area contributed by atoms with E-state index in [1.54, 1.807) is 0 Å². The van der Waals surface area contributed by atoms with Crippen LogP contribution in [0.2, 0.25) is 0 Å². The quantitative estimate of drug-likeness (QED) is 0.665. The van der Waals surface area contributed by atoms with Crippen molar-refractivity contribution in [2.45, 2.75) is 0 Å². The van der Waals surface area contributed by atoms with Gasteiger partial charge in [-0.1, -0.05) is 0 Å². The summed E-state index contributed by atoms with van der Waals surface area (Å²) in [6.07, 6.45) is 0. The normalized spacial score (nSPS) is 10.6. The van der Waals surface area contributed by atoms with Gasteiger partial charge in [0.2, 0.25) is 0 Å². The van der Waals surface area contributed by atoms with Crippen LogP contribution < -0.4 is 11.1 Å². The molecule has 0 aliphatic heterocycles. The largest absolute Gasteiger partial charge is 0.478 e. The molecule has 0 atom stereocenters. The number of rotatable bonds is 2. The summed E-state index contributed by atoms with van der Waals surface area (Å²) < 4.78 is 0.978. The van der Waals surface area contributed by atoms with Gasteiger partial charge in [0.15, 0.2) is 0 Å². The fraction of sp³-hybridized carbons (Fsp3) is 0. The standard InChI is InChI=1S/C9H5NO4/c11-7-8(12)10(7)6-3-1-5(2-4-6)9(13)14/h1-4H,(H,13,14). The number of carbonyl (C=O) groups is 1. The Kier molecular flexibility index (Phi) is 1.60. The zero-order valence-corrected chi connectivity index (χ0v) is 6.93. The van der Waals surface area contributed by atoms with Gasteiger partial charge in [-0.25, -0.2) is 9.36 Å². The molecule has 0 amide bonds. The Morgan fingerprint density at radius 3 is 1.93 bits per heavy atom. The Morgan fingerprint density at radius 1 is 1.07 bits per heavy atom. The topological polar surface area (TPSA) is 76.4 Å². The minimum Gasteiger partial charge on any atom is -0.478 e. The van der Waals surface area contributed by atoms with Crippen molar-refractivity contribution in [2.24, 2.45) is 0 Å². The summed E-state index contributed by atoms with van der Waals surface area (Å²) in [5.74, 6) is -1.04. The molecule has 1 aromatic carbocycles. The van der Waals surface area contributed by atoms with E-state index in [4.69, 9.17) is 5.11 Å². The molecule has 0 radical (unpaired) electrons. The number of hydrogen-bond acceptors (Lipinski definition) is 3. The second-order valence-corrected chi connectivity index (χ2v) is 2.80. The third-order valence-electron chi connectivity index (χ3n) is 1.91. The van der Waals surface area contributed by atoms with Gasteiger partial charge in [0.1, 0.15) is 0 Å². The summed E-state index contributed by atoms with van der Waals surface area (Å²) in [6, 6.07) is 5.53. The van der Waals surface area contributed by atoms with Crippen LogP contribution in [0.3, 0.4) is 0 Å². The first-order valence-electron chi connectivity index (χ1n) is 3.83. The van der Waals surface area contributed by atoms with Crippen molar-refractivity contribution in [3.63, 3.8) is 0 Å². The van der Waals surface area contributed by atoms with E-state index in [0.717, 1.165) is 4.57 Å². The maximum absolute atomic E-state index is 10.7. The van der Waals surface area contributed by atoms with E-state index in [0.29, 0.717) is 5.69 Å². The second-order valence-electron chi connectivity index (χ2n) is 2.80. The average Bonchev–Trinajstić information content (AvgIpc) is 2.75. The van der Waals surface area contributed by atoms with E-state index in [-0.39, 0.29) is 5.56 Å². The van der Waals surface area contributed by atoms with Gasteiger partial charge in [-0.05, 0) is 24.3 Å². The Hall–Kier alpha value is -2.17. The highest BCUT2D eigenvalue weighted by atomic mass is 16.4. The van der Waals surface area contributed by atoms with Gasteiger partial charge < -0.3 is 5.11 Å². The molecule has 1 heterocycles. The molecule has 0 bridgehead atoms. The first-order chi connectivity index (χ1) is 6.61. The second kappa shape index (κ2) is 2.66. The zero-order valence-electron chi connectivity index (χ0n) is 6.93. The monoisotopic (exact) mass is 191 g/mol.